The molecule has 0 bridgehead atoms. The molecule has 0 N–H and O–H groups in total. The van der Waals surface area contributed by atoms with E-state index in [-0.39, 0.29) is 5.41 Å². The minimum Gasteiger partial charge on any atom is -0.144 e. The van der Waals surface area contributed by atoms with Crippen LogP contribution in [0.4, 0.5) is 0 Å². The Hall–Kier alpha value is -3.42. The van der Waals surface area contributed by atoms with Crippen LogP contribution < -0.4 is 0 Å². The van der Waals surface area contributed by atoms with E-state index in [0.29, 0.717) is 0 Å². The van der Waals surface area contributed by atoms with Gasteiger partial charge in [-0.2, -0.15) is 0 Å². The Labute approximate surface area is 179 Å². The lowest BCUT2D eigenvalue weighted by atomic mass is 9.69. The van der Waals surface area contributed by atoms with Gasteiger partial charge >= 0.3 is 0 Å². The van der Waals surface area contributed by atoms with E-state index in [1.807, 2.05) is 11.3 Å². The zero-order chi connectivity index (χ0) is 19.7. The standard InChI is InChI=1S/C29H18S/c1-2-8-22-21(7-1)23-9-3-5-11-25(23)29(26-12-6-4-10-24(22)26)15-13-19-18-28-20(14-16-30-28)17-27(19)29/h1-18H. The third kappa shape index (κ3) is 1.96. The fraction of sp³-hybridized carbons (Fsp3) is 0.0345. The highest BCUT2D eigenvalue weighted by Gasteiger charge is 2.43. The predicted octanol–water partition coefficient (Wildman–Crippen LogP) is 7.91. The van der Waals surface area contributed by atoms with E-state index >= 15 is 0 Å². The van der Waals surface area contributed by atoms with Crippen LogP contribution in [0.15, 0.2) is 102 Å². The van der Waals surface area contributed by atoms with Gasteiger partial charge in [-0.05, 0) is 73.5 Å². The number of hydrogen-bond acceptors (Lipinski definition) is 1. The maximum Gasteiger partial charge on any atom is 0.0653 e. The lowest BCUT2D eigenvalue weighted by molar-refractivity contribution is 0.803. The topological polar surface area (TPSA) is 0 Å². The first-order chi connectivity index (χ1) is 14.9. The number of fused-ring (bicyclic) bond motifs is 10. The maximum atomic E-state index is 2.44. The fourth-order valence-electron chi connectivity index (χ4n) is 5.50. The third-order valence-corrected chi connectivity index (χ3v) is 7.65. The zero-order valence-corrected chi connectivity index (χ0v) is 17.1. The number of thiophene rings is 1. The van der Waals surface area contributed by atoms with Gasteiger partial charge in [-0.3, -0.25) is 0 Å². The molecule has 1 heterocycles. The van der Waals surface area contributed by atoms with Crippen molar-refractivity contribution in [2.24, 2.45) is 0 Å². The van der Waals surface area contributed by atoms with Crippen molar-refractivity contribution in [3.63, 3.8) is 0 Å². The molecule has 2 aliphatic carbocycles. The van der Waals surface area contributed by atoms with E-state index in [1.165, 1.54) is 54.6 Å². The van der Waals surface area contributed by atoms with E-state index < -0.39 is 0 Å². The van der Waals surface area contributed by atoms with E-state index in [2.05, 4.69) is 109 Å². The summed E-state index contributed by atoms with van der Waals surface area (Å²) in [5.41, 5.74) is 10.5. The summed E-state index contributed by atoms with van der Waals surface area (Å²) in [7, 11) is 0. The van der Waals surface area contributed by atoms with Gasteiger partial charge in [-0.1, -0.05) is 84.9 Å². The summed E-state index contributed by atoms with van der Waals surface area (Å²) in [6, 6.07) is 33.8. The Bertz CT molecular complexity index is 1430. The minimum absolute atomic E-state index is 0.280. The first-order valence-electron chi connectivity index (χ1n) is 10.4. The first kappa shape index (κ1) is 16.4. The molecule has 0 nitrogen and oxygen atoms in total. The zero-order valence-electron chi connectivity index (χ0n) is 16.3. The molecule has 0 fully saturated rings. The number of benzene rings is 4. The monoisotopic (exact) mass is 398 g/mol. The summed E-state index contributed by atoms with van der Waals surface area (Å²) in [6.07, 6.45) is 4.77. The van der Waals surface area contributed by atoms with Crippen molar-refractivity contribution < 1.29 is 0 Å². The average Bonchev–Trinajstić information content (AvgIpc) is 3.39. The van der Waals surface area contributed by atoms with E-state index in [4.69, 9.17) is 0 Å². The Morgan fingerprint density at radius 2 is 1.17 bits per heavy atom. The van der Waals surface area contributed by atoms with Crippen LogP contribution in [0.2, 0.25) is 0 Å². The van der Waals surface area contributed by atoms with Gasteiger partial charge in [0, 0.05) is 4.70 Å². The molecule has 1 spiro atoms. The number of hydrogen-bond donors (Lipinski definition) is 0. The van der Waals surface area contributed by atoms with Crippen LogP contribution in [0.3, 0.4) is 0 Å². The van der Waals surface area contributed by atoms with Crippen molar-refractivity contribution in [2.45, 2.75) is 5.41 Å². The largest absolute Gasteiger partial charge is 0.144 e. The van der Waals surface area contributed by atoms with Gasteiger partial charge in [-0.25, -0.2) is 0 Å². The summed E-state index contributed by atoms with van der Waals surface area (Å²) in [5, 5.41) is 3.53. The molecule has 4 aromatic carbocycles. The smallest absolute Gasteiger partial charge is 0.0653 e. The molecule has 7 rings (SSSR count). The molecule has 0 atom stereocenters. The van der Waals surface area contributed by atoms with Gasteiger partial charge < -0.3 is 0 Å². The summed E-state index contributed by atoms with van der Waals surface area (Å²) in [6.45, 7) is 0. The minimum atomic E-state index is -0.280. The molecule has 1 heteroatoms. The quantitative estimate of drug-likeness (QED) is 0.249. The summed E-state index contributed by atoms with van der Waals surface area (Å²) >= 11 is 1.82. The van der Waals surface area contributed by atoms with Crippen LogP contribution in [0.25, 0.3) is 38.4 Å². The predicted molar refractivity (Wildman–Crippen MR) is 128 cm³/mol. The molecule has 0 saturated carbocycles. The van der Waals surface area contributed by atoms with E-state index in [1.54, 1.807) is 0 Å². The Balaban J connectivity index is 1.70. The Morgan fingerprint density at radius 1 is 0.567 bits per heavy atom. The second kappa shape index (κ2) is 5.81. The Kier molecular flexibility index (Phi) is 3.17. The van der Waals surface area contributed by atoms with Gasteiger partial charge in [0.2, 0.25) is 0 Å². The summed E-state index contributed by atoms with van der Waals surface area (Å²) in [5.74, 6) is 0. The SMILES string of the molecule is C1=CC2(c3cc4ccsc4cc31)c1ccccc1-c1ccccc1-c1ccccc12. The molecule has 0 aliphatic heterocycles. The van der Waals surface area contributed by atoms with Crippen molar-refractivity contribution >= 4 is 27.5 Å². The summed E-state index contributed by atoms with van der Waals surface area (Å²) < 4.78 is 1.36. The molecule has 30 heavy (non-hydrogen) atoms. The molecule has 2 aliphatic rings. The fourth-order valence-corrected chi connectivity index (χ4v) is 6.32. The highest BCUT2D eigenvalue weighted by atomic mass is 32.1. The highest BCUT2D eigenvalue weighted by molar-refractivity contribution is 7.17. The number of allylic oxidation sites excluding steroid dienone is 1. The Morgan fingerprint density at radius 3 is 1.83 bits per heavy atom. The van der Waals surface area contributed by atoms with Crippen molar-refractivity contribution in [1.82, 2.24) is 0 Å². The van der Waals surface area contributed by atoms with E-state index in [9.17, 15) is 0 Å². The van der Waals surface area contributed by atoms with Crippen molar-refractivity contribution in [3.8, 4) is 22.3 Å². The maximum absolute atomic E-state index is 2.44. The average molecular weight is 399 g/mol. The lowest BCUT2D eigenvalue weighted by Gasteiger charge is -2.32. The second-order valence-corrected chi connectivity index (χ2v) is 9.12. The van der Waals surface area contributed by atoms with Gasteiger partial charge in [0.15, 0.2) is 0 Å². The van der Waals surface area contributed by atoms with Crippen molar-refractivity contribution in [2.75, 3.05) is 0 Å². The van der Waals surface area contributed by atoms with E-state index in [0.717, 1.165) is 0 Å². The van der Waals surface area contributed by atoms with Crippen LogP contribution >= 0.6 is 11.3 Å². The molecule has 0 radical (unpaired) electrons. The molecular weight excluding hydrogens is 380 g/mol. The normalized spacial score (nSPS) is 14.8. The van der Waals surface area contributed by atoms with Crippen LogP contribution in [0.5, 0.6) is 0 Å². The van der Waals surface area contributed by atoms with Crippen LogP contribution in [-0.2, 0) is 5.41 Å². The molecule has 5 aromatic rings. The van der Waals surface area contributed by atoms with Crippen LogP contribution in [-0.4, -0.2) is 0 Å². The molecule has 140 valence electrons. The molecule has 0 unspecified atom stereocenters. The second-order valence-electron chi connectivity index (χ2n) is 8.18. The third-order valence-electron chi connectivity index (χ3n) is 6.77. The van der Waals surface area contributed by atoms with Crippen molar-refractivity contribution in [1.29, 1.82) is 0 Å². The highest BCUT2D eigenvalue weighted by Crippen LogP contribution is 2.55. The lowest BCUT2D eigenvalue weighted by Crippen LogP contribution is -2.26. The van der Waals surface area contributed by atoms with Gasteiger partial charge in [0.1, 0.15) is 0 Å². The van der Waals surface area contributed by atoms with Crippen LogP contribution in [0, 0.1) is 0 Å². The molecular formula is C29H18S. The van der Waals surface area contributed by atoms with Crippen LogP contribution in [0.1, 0.15) is 22.3 Å². The summed E-state index contributed by atoms with van der Waals surface area (Å²) in [4.78, 5) is 0. The molecule has 1 aromatic heterocycles. The van der Waals surface area contributed by atoms with Gasteiger partial charge in [0.05, 0.1) is 5.41 Å². The first-order valence-corrected chi connectivity index (χ1v) is 11.2. The van der Waals surface area contributed by atoms with Crippen molar-refractivity contribution in [3.05, 3.63) is 125 Å². The molecule has 0 saturated heterocycles. The molecule has 0 amide bonds. The van der Waals surface area contributed by atoms with Gasteiger partial charge in [0.25, 0.3) is 0 Å². The van der Waals surface area contributed by atoms with Gasteiger partial charge in [-0.15, -0.1) is 11.3 Å². The number of rotatable bonds is 0.